The summed E-state index contributed by atoms with van der Waals surface area (Å²) >= 11 is 0. The standard InChI is InChI=1S/C49H38.C4H10.C3H8/c1-5-16-32(8-4)44-45(35(17-6-2)18-7-3)47(40-26-13-22-34-20-11-12-25-39(34)40)49-42-28-15-24-36-23-14-27-41(43(36)42)48(49)46(44)38-30-29-33-19-9-10-21-37(33)31-38;1-3-4-2;1-3-2/h5-6,8-31H,1,4,7H2,2-3H3;3-4H2,1-2H3;3H2,1-2H3/b17-6-,32-16+,35-18+;;. The van der Waals surface area contributed by atoms with Gasteiger partial charge in [0.15, 0.2) is 0 Å². The molecule has 0 heteroatoms. The van der Waals surface area contributed by atoms with E-state index in [4.69, 9.17) is 0 Å². The lowest BCUT2D eigenvalue weighted by Gasteiger charge is -2.27. The highest BCUT2D eigenvalue weighted by Crippen LogP contribution is 2.59. The fourth-order valence-electron chi connectivity index (χ4n) is 8.00. The van der Waals surface area contributed by atoms with Gasteiger partial charge in [0.1, 0.15) is 0 Å². The minimum atomic E-state index is 0.904. The van der Waals surface area contributed by atoms with Crippen molar-refractivity contribution in [2.45, 2.75) is 67.2 Å². The largest absolute Gasteiger partial charge is 0.0990 e. The van der Waals surface area contributed by atoms with Crippen LogP contribution in [0.3, 0.4) is 0 Å². The quantitative estimate of drug-likeness (QED) is 0.130. The minimum Gasteiger partial charge on any atom is -0.0990 e. The van der Waals surface area contributed by atoms with Crippen LogP contribution in [0.2, 0.25) is 0 Å². The maximum Gasteiger partial charge on any atom is -0.000697 e. The summed E-state index contributed by atoms with van der Waals surface area (Å²) in [4.78, 5) is 0. The molecular formula is C56H56. The van der Waals surface area contributed by atoms with Crippen LogP contribution in [-0.4, -0.2) is 0 Å². The van der Waals surface area contributed by atoms with Gasteiger partial charge in [-0.25, -0.2) is 0 Å². The van der Waals surface area contributed by atoms with Gasteiger partial charge in [-0.3, -0.25) is 0 Å². The third kappa shape index (κ3) is 7.49. The molecule has 1 aliphatic rings. The van der Waals surface area contributed by atoms with E-state index < -0.39 is 0 Å². The first-order valence-corrected chi connectivity index (χ1v) is 20.5. The molecule has 0 saturated carbocycles. The monoisotopic (exact) mass is 728 g/mol. The molecule has 0 heterocycles. The normalized spacial score (nSPS) is 12.0. The molecule has 0 bridgehead atoms. The van der Waals surface area contributed by atoms with Crippen molar-refractivity contribution in [3.8, 4) is 44.5 Å². The minimum absolute atomic E-state index is 0.904. The van der Waals surface area contributed by atoms with Gasteiger partial charge in [-0.2, -0.15) is 0 Å². The first-order valence-electron chi connectivity index (χ1n) is 20.5. The Morgan fingerprint density at radius 1 is 0.536 bits per heavy atom. The summed E-state index contributed by atoms with van der Waals surface area (Å²) in [5.41, 5.74) is 14.7. The first-order chi connectivity index (χ1) is 27.5. The number of unbranched alkanes of at least 4 members (excludes halogenated alkanes) is 1. The second-order valence-corrected chi connectivity index (χ2v) is 14.4. The molecule has 0 fully saturated rings. The molecule has 1 aliphatic carbocycles. The molecule has 0 amide bonds. The topological polar surface area (TPSA) is 0 Å². The van der Waals surface area contributed by atoms with Crippen LogP contribution < -0.4 is 0 Å². The van der Waals surface area contributed by atoms with Gasteiger partial charge in [-0.1, -0.05) is 219 Å². The molecule has 8 rings (SSSR count). The van der Waals surface area contributed by atoms with E-state index in [9.17, 15) is 0 Å². The average Bonchev–Trinajstić information content (AvgIpc) is 3.57. The highest BCUT2D eigenvalue weighted by Gasteiger charge is 2.34. The molecule has 0 radical (unpaired) electrons. The number of allylic oxidation sites excluding steroid dienone is 8. The second-order valence-electron chi connectivity index (χ2n) is 14.4. The van der Waals surface area contributed by atoms with Gasteiger partial charge < -0.3 is 0 Å². The van der Waals surface area contributed by atoms with Crippen molar-refractivity contribution in [3.63, 3.8) is 0 Å². The van der Waals surface area contributed by atoms with E-state index in [1.54, 1.807) is 0 Å². The van der Waals surface area contributed by atoms with E-state index in [0.717, 1.165) is 12.0 Å². The molecule has 0 spiro atoms. The van der Waals surface area contributed by atoms with Crippen molar-refractivity contribution in [2.75, 3.05) is 0 Å². The summed E-state index contributed by atoms with van der Waals surface area (Å²) in [6.07, 6.45) is 17.6. The van der Waals surface area contributed by atoms with Gasteiger partial charge in [0.05, 0.1) is 0 Å². The lowest BCUT2D eigenvalue weighted by atomic mass is 9.75. The summed E-state index contributed by atoms with van der Waals surface area (Å²) in [6, 6.07) is 44.7. The Morgan fingerprint density at radius 3 is 1.70 bits per heavy atom. The molecule has 0 aliphatic heterocycles. The maximum absolute atomic E-state index is 4.40. The Kier molecular flexibility index (Phi) is 13.2. The Morgan fingerprint density at radius 2 is 1.09 bits per heavy atom. The third-order valence-electron chi connectivity index (χ3n) is 10.4. The van der Waals surface area contributed by atoms with Crippen LogP contribution in [0.15, 0.2) is 171 Å². The van der Waals surface area contributed by atoms with Gasteiger partial charge >= 0.3 is 0 Å². The van der Waals surface area contributed by atoms with Crippen molar-refractivity contribution in [1.82, 2.24) is 0 Å². The van der Waals surface area contributed by atoms with Crippen molar-refractivity contribution < 1.29 is 0 Å². The summed E-state index contributed by atoms with van der Waals surface area (Å²) in [5, 5.41) is 7.49. The Bertz CT molecular complexity index is 2610. The summed E-state index contributed by atoms with van der Waals surface area (Å²) in [5.74, 6) is 0. The van der Waals surface area contributed by atoms with E-state index in [0.29, 0.717) is 0 Å². The Labute approximate surface area is 336 Å². The van der Waals surface area contributed by atoms with Gasteiger partial charge in [-0.15, -0.1) is 0 Å². The fraction of sp³-hybridized carbons (Fsp3) is 0.179. The van der Waals surface area contributed by atoms with Crippen molar-refractivity contribution in [2.24, 2.45) is 0 Å². The van der Waals surface area contributed by atoms with E-state index >= 15 is 0 Å². The molecule has 0 unspecified atom stereocenters. The lowest BCUT2D eigenvalue weighted by Crippen LogP contribution is -2.04. The summed E-state index contributed by atoms with van der Waals surface area (Å²) in [7, 11) is 0. The van der Waals surface area contributed by atoms with E-state index in [1.807, 2.05) is 12.2 Å². The zero-order valence-corrected chi connectivity index (χ0v) is 34.3. The van der Waals surface area contributed by atoms with Crippen molar-refractivity contribution in [1.29, 1.82) is 0 Å². The average molecular weight is 729 g/mol. The smallest absolute Gasteiger partial charge is 0.000697 e. The summed E-state index contributed by atoms with van der Waals surface area (Å²) < 4.78 is 0. The van der Waals surface area contributed by atoms with E-state index in [1.165, 1.54) is 113 Å². The molecule has 280 valence electrons. The molecule has 0 aromatic heterocycles. The predicted octanol–water partition coefficient (Wildman–Crippen LogP) is 17.5. The number of rotatable bonds is 9. The molecule has 0 saturated heterocycles. The zero-order valence-electron chi connectivity index (χ0n) is 34.3. The number of hydrogen-bond donors (Lipinski definition) is 0. The van der Waals surface area contributed by atoms with E-state index in [2.05, 4.69) is 200 Å². The molecule has 7 aromatic carbocycles. The number of benzene rings is 7. The second kappa shape index (κ2) is 18.6. The predicted molar refractivity (Wildman–Crippen MR) is 252 cm³/mol. The summed E-state index contributed by atoms with van der Waals surface area (Å²) in [6.45, 7) is 21.5. The van der Waals surface area contributed by atoms with Crippen LogP contribution in [-0.2, 0) is 0 Å². The highest BCUT2D eigenvalue weighted by atomic mass is 14.4. The van der Waals surface area contributed by atoms with Gasteiger partial charge in [0.2, 0.25) is 0 Å². The Hall–Kier alpha value is -5.98. The molecule has 0 atom stereocenters. The van der Waals surface area contributed by atoms with Crippen LogP contribution in [0.25, 0.3) is 88.0 Å². The van der Waals surface area contributed by atoms with Gasteiger partial charge in [-0.05, 0) is 119 Å². The number of fused-ring (bicyclic) bond motifs is 5. The van der Waals surface area contributed by atoms with E-state index in [-0.39, 0.29) is 0 Å². The Balaban J connectivity index is 0.000000705. The lowest BCUT2D eigenvalue weighted by molar-refractivity contribution is 0.886. The van der Waals surface area contributed by atoms with Crippen LogP contribution in [0, 0.1) is 0 Å². The number of hydrogen-bond acceptors (Lipinski definition) is 0. The van der Waals surface area contributed by atoms with Gasteiger partial charge in [0, 0.05) is 0 Å². The molecule has 56 heavy (non-hydrogen) atoms. The SMILES string of the molecule is C=C/C=C(\C=C)c1c(C(/C=C\C)=C/CC)c(-c2cccc3ccccc23)c2c(c1-c1ccc3ccccc3c1)-c1cccc3cccc-2c13.CCC.CCCC. The molecule has 7 aromatic rings. The highest BCUT2D eigenvalue weighted by molar-refractivity contribution is 6.25. The first kappa shape index (κ1) is 39.7. The van der Waals surface area contributed by atoms with Crippen LogP contribution >= 0.6 is 0 Å². The van der Waals surface area contributed by atoms with Gasteiger partial charge in [0.25, 0.3) is 0 Å². The third-order valence-corrected chi connectivity index (χ3v) is 10.4. The van der Waals surface area contributed by atoms with Crippen molar-refractivity contribution >= 4 is 43.5 Å². The van der Waals surface area contributed by atoms with Crippen LogP contribution in [0.5, 0.6) is 0 Å². The molecular weight excluding hydrogens is 673 g/mol. The zero-order chi connectivity index (χ0) is 39.6. The molecule has 0 N–H and O–H groups in total. The molecule has 0 nitrogen and oxygen atoms in total. The van der Waals surface area contributed by atoms with Crippen LogP contribution in [0.4, 0.5) is 0 Å². The maximum atomic E-state index is 4.40. The van der Waals surface area contributed by atoms with Crippen molar-refractivity contribution in [3.05, 3.63) is 182 Å². The fourth-order valence-corrected chi connectivity index (χ4v) is 8.00. The van der Waals surface area contributed by atoms with Crippen LogP contribution in [0.1, 0.15) is 78.4 Å².